The molecule has 0 amide bonds. The van der Waals surface area contributed by atoms with Crippen LogP contribution in [0.4, 0.5) is 0 Å². The Labute approximate surface area is 205 Å². The van der Waals surface area contributed by atoms with Crippen molar-refractivity contribution in [2.24, 2.45) is 0 Å². The third-order valence-electron chi connectivity index (χ3n) is 5.17. The zero-order chi connectivity index (χ0) is 24.2. The number of carbonyl (C=O) groups excluding carboxylic acids is 1. The van der Waals surface area contributed by atoms with Gasteiger partial charge in [-0.15, -0.1) is 10.1 Å². The van der Waals surface area contributed by atoms with E-state index in [2.05, 4.69) is 4.84 Å². The van der Waals surface area contributed by atoms with Crippen molar-refractivity contribution in [1.29, 1.82) is 0 Å². The highest BCUT2D eigenvalue weighted by Gasteiger charge is 2.24. The van der Waals surface area contributed by atoms with E-state index < -0.39 is 17.2 Å². The van der Waals surface area contributed by atoms with E-state index in [0.717, 1.165) is 38.5 Å². The Morgan fingerprint density at radius 3 is 1.67 bits per heavy atom. The van der Waals surface area contributed by atoms with Crippen LogP contribution < -0.4 is 12.4 Å². The molecule has 0 bridgehead atoms. The molecule has 196 valence electrons. The Morgan fingerprint density at radius 1 is 0.848 bits per heavy atom. The molecule has 0 saturated carbocycles. The van der Waals surface area contributed by atoms with E-state index in [0.29, 0.717) is 17.4 Å². The summed E-state index contributed by atoms with van der Waals surface area (Å²) >= 11 is 0. The molecule has 0 heterocycles. The molecule has 0 aromatic carbocycles. The number of quaternary nitrogens is 1. The van der Waals surface area contributed by atoms with Gasteiger partial charge in [-0.3, -0.25) is 9.59 Å². The van der Waals surface area contributed by atoms with Crippen molar-refractivity contribution in [2.45, 2.75) is 102 Å². The highest BCUT2D eigenvalue weighted by molar-refractivity contribution is 5.71. The number of esters is 1. The quantitative estimate of drug-likeness (QED) is 0.0797. The van der Waals surface area contributed by atoms with Gasteiger partial charge in [0.25, 0.3) is 5.09 Å². The van der Waals surface area contributed by atoms with Crippen molar-refractivity contribution in [3.8, 4) is 0 Å². The van der Waals surface area contributed by atoms with E-state index in [1.54, 1.807) is 0 Å². The van der Waals surface area contributed by atoms with Crippen LogP contribution in [0.2, 0.25) is 0 Å². The summed E-state index contributed by atoms with van der Waals surface area (Å²) in [5.41, 5.74) is 0. The van der Waals surface area contributed by atoms with Gasteiger partial charge in [-0.2, -0.15) is 0 Å². The lowest BCUT2D eigenvalue weighted by Crippen LogP contribution is -3.00. The summed E-state index contributed by atoms with van der Waals surface area (Å²) in [5, 5.41) is 18.3. The molecule has 10 heteroatoms. The highest BCUT2D eigenvalue weighted by atomic mass is 35.5. The normalized spacial score (nSPS) is 12.0. The largest absolute Gasteiger partial charge is 1.00 e. The predicted octanol–water partition coefficient (Wildman–Crippen LogP) is 1.75. The summed E-state index contributed by atoms with van der Waals surface area (Å²) in [7, 11) is 5.84. The van der Waals surface area contributed by atoms with Crippen LogP contribution in [0.1, 0.15) is 96.3 Å². The molecule has 9 nitrogen and oxygen atoms in total. The number of nitrogens with zero attached hydrogens (tertiary/aromatic N) is 2. The van der Waals surface area contributed by atoms with Gasteiger partial charge in [-0.25, -0.2) is 0 Å². The van der Waals surface area contributed by atoms with Gasteiger partial charge in [0.1, 0.15) is 6.54 Å². The maximum atomic E-state index is 12.0. The third kappa shape index (κ3) is 26.5. The van der Waals surface area contributed by atoms with E-state index in [1.165, 1.54) is 44.9 Å². The summed E-state index contributed by atoms with van der Waals surface area (Å²) in [5.74, 6) is -1.24. The van der Waals surface area contributed by atoms with Crippen LogP contribution in [-0.2, 0) is 19.2 Å². The molecular weight excluding hydrogens is 452 g/mol. The maximum Gasteiger partial charge on any atom is 0.307 e. The first-order chi connectivity index (χ1) is 15.1. The fourth-order valence-electron chi connectivity index (χ4n) is 3.65. The van der Waals surface area contributed by atoms with E-state index in [9.17, 15) is 19.7 Å². The monoisotopic (exact) mass is 496 g/mol. The number of rotatable bonds is 22. The first-order valence-electron chi connectivity index (χ1n) is 12.1. The van der Waals surface area contributed by atoms with Crippen molar-refractivity contribution in [3.63, 3.8) is 0 Å². The van der Waals surface area contributed by atoms with E-state index in [-0.39, 0.29) is 31.4 Å². The minimum absolute atomic E-state index is 0. The molecule has 0 rings (SSSR count). The number of carbonyl (C=O) groups is 2. The number of likely N-dealkylation sites (N-methyl/N-ethyl adjacent to an activating group) is 1. The minimum atomic E-state index is -0.948. The topological polar surface area (TPSA) is 116 Å². The van der Waals surface area contributed by atoms with Crippen LogP contribution in [-0.4, -0.2) is 67.0 Å². The smallest absolute Gasteiger partial charge is 0.307 e. The number of carboxylic acids is 1. The first-order valence-corrected chi connectivity index (χ1v) is 12.1. The fourth-order valence-corrected chi connectivity index (χ4v) is 3.65. The molecule has 0 radical (unpaired) electrons. The molecule has 0 aromatic rings. The molecular formula is C23H45ClN2O7. The van der Waals surface area contributed by atoms with Gasteiger partial charge >= 0.3 is 11.9 Å². The second kappa shape index (κ2) is 21.0. The number of unbranched alkanes of at least 4 members (excludes halogenated alkanes) is 12. The standard InChI is InChI=1S/C23H44N2O7.ClH/c1-25(2,3)20-21(19-22(26)27)32-23(28)17-15-13-11-9-7-5-4-6-8-10-12-14-16-18-31-24(29)30;/h21H,4-20H2,1-3H3;1H/t21-;/m0./s1. The summed E-state index contributed by atoms with van der Waals surface area (Å²) in [6.07, 6.45) is 13.9. The molecule has 0 spiro atoms. The van der Waals surface area contributed by atoms with E-state index in [1.807, 2.05) is 21.1 Å². The lowest BCUT2D eigenvalue weighted by atomic mass is 10.0. The Kier molecular flexibility index (Phi) is 21.3. The molecule has 33 heavy (non-hydrogen) atoms. The average Bonchev–Trinajstić information content (AvgIpc) is 2.65. The van der Waals surface area contributed by atoms with Gasteiger partial charge in [-0.1, -0.05) is 70.6 Å². The zero-order valence-corrected chi connectivity index (χ0v) is 21.5. The molecule has 0 aliphatic carbocycles. The maximum absolute atomic E-state index is 12.0. The van der Waals surface area contributed by atoms with Crippen molar-refractivity contribution in [3.05, 3.63) is 10.1 Å². The van der Waals surface area contributed by atoms with Crippen LogP contribution in [0, 0.1) is 10.1 Å². The number of halogens is 1. The van der Waals surface area contributed by atoms with Crippen LogP contribution >= 0.6 is 0 Å². The predicted molar refractivity (Wildman–Crippen MR) is 123 cm³/mol. The van der Waals surface area contributed by atoms with Crippen molar-refractivity contribution in [1.82, 2.24) is 0 Å². The number of aliphatic carboxylic acids is 1. The van der Waals surface area contributed by atoms with Gasteiger partial charge < -0.3 is 31.6 Å². The number of carboxylic acid groups (broad SMARTS) is 1. The van der Waals surface area contributed by atoms with E-state index in [4.69, 9.17) is 9.84 Å². The molecule has 1 N–H and O–H groups in total. The van der Waals surface area contributed by atoms with Crippen molar-refractivity contribution >= 4 is 11.9 Å². The van der Waals surface area contributed by atoms with Crippen LogP contribution in [0.25, 0.3) is 0 Å². The van der Waals surface area contributed by atoms with Gasteiger partial charge in [0.05, 0.1) is 34.2 Å². The summed E-state index contributed by atoms with van der Waals surface area (Å²) < 4.78 is 5.95. The summed E-state index contributed by atoms with van der Waals surface area (Å²) in [6.45, 7) is 0.687. The second-order valence-corrected chi connectivity index (χ2v) is 9.59. The van der Waals surface area contributed by atoms with Gasteiger partial charge in [0.15, 0.2) is 6.10 Å². The van der Waals surface area contributed by atoms with Crippen molar-refractivity contribution in [2.75, 3.05) is 34.3 Å². The molecule has 0 aromatic heterocycles. The summed E-state index contributed by atoms with van der Waals surface area (Å²) in [6, 6.07) is 0. The van der Waals surface area contributed by atoms with Crippen molar-refractivity contribution < 1.29 is 46.2 Å². The number of hydrogen-bond acceptors (Lipinski definition) is 6. The van der Waals surface area contributed by atoms with Crippen LogP contribution in [0.5, 0.6) is 0 Å². The zero-order valence-electron chi connectivity index (χ0n) is 20.8. The van der Waals surface area contributed by atoms with Crippen LogP contribution in [0.3, 0.4) is 0 Å². The molecule has 0 saturated heterocycles. The highest BCUT2D eigenvalue weighted by Crippen LogP contribution is 2.14. The Balaban J connectivity index is 0. The van der Waals surface area contributed by atoms with Crippen LogP contribution in [0.15, 0.2) is 0 Å². The first kappa shape index (κ1) is 33.6. The Morgan fingerprint density at radius 2 is 1.27 bits per heavy atom. The Bertz CT molecular complexity index is 527. The summed E-state index contributed by atoms with van der Waals surface area (Å²) in [4.78, 5) is 37.3. The lowest BCUT2D eigenvalue weighted by molar-refractivity contribution is -0.873. The average molecular weight is 497 g/mol. The minimum Gasteiger partial charge on any atom is -1.00 e. The molecule has 0 aliphatic heterocycles. The molecule has 0 aliphatic rings. The van der Waals surface area contributed by atoms with Gasteiger partial charge in [0, 0.05) is 6.42 Å². The number of hydrogen-bond donors (Lipinski definition) is 1. The molecule has 0 unspecified atom stereocenters. The Hall–Kier alpha value is -1.61. The SMILES string of the molecule is C[N+](C)(C)C[C@H](CC(=O)O)OC(=O)CCCCCCCCCCCCCCCO[N+](=O)[O-].[Cl-]. The fraction of sp³-hybridized carbons (Fsp3) is 0.913. The van der Waals surface area contributed by atoms with E-state index >= 15 is 0 Å². The number of ether oxygens (including phenoxy) is 1. The second-order valence-electron chi connectivity index (χ2n) is 9.59. The lowest BCUT2D eigenvalue weighted by Gasteiger charge is -2.28. The third-order valence-corrected chi connectivity index (χ3v) is 5.17. The molecule has 0 fully saturated rings. The van der Waals surface area contributed by atoms with Gasteiger partial charge in [0.2, 0.25) is 0 Å². The van der Waals surface area contributed by atoms with Gasteiger partial charge in [-0.05, 0) is 12.8 Å². The molecule has 1 atom stereocenters.